The summed E-state index contributed by atoms with van der Waals surface area (Å²) in [6.07, 6.45) is 13.2. The molecule has 0 aromatic carbocycles. The van der Waals surface area contributed by atoms with Crippen LogP contribution in [0.2, 0.25) is 0 Å². The minimum Gasteiger partial charge on any atom is -0.0917 e. The van der Waals surface area contributed by atoms with Crippen molar-refractivity contribution in [1.29, 1.82) is 0 Å². The zero-order valence-corrected chi connectivity index (χ0v) is 8.55. The Morgan fingerprint density at radius 3 is 2.17 bits per heavy atom. The number of hydrogen-bond donors (Lipinski definition) is 0. The van der Waals surface area contributed by atoms with Crippen LogP contribution in [0.5, 0.6) is 0 Å². The molecule has 1 saturated carbocycles. The molecule has 0 heteroatoms. The van der Waals surface area contributed by atoms with E-state index in [1.54, 1.807) is 0 Å². The van der Waals surface area contributed by atoms with Crippen molar-refractivity contribution in [3.63, 3.8) is 0 Å². The molecule has 0 N–H and O–H groups in total. The first-order valence-corrected chi connectivity index (χ1v) is 5.48. The lowest BCUT2D eigenvalue weighted by molar-refractivity contribution is 0.271. The average Bonchev–Trinajstić information content (AvgIpc) is 2.15. The summed E-state index contributed by atoms with van der Waals surface area (Å²) in [7, 11) is 0. The van der Waals surface area contributed by atoms with Gasteiger partial charge in [-0.2, -0.15) is 0 Å². The topological polar surface area (TPSA) is 0 Å². The second-order valence-corrected chi connectivity index (χ2v) is 4.10. The van der Waals surface area contributed by atoms with E-state index in [1.807, 2.05) is 0 Å². The predicted molar refractivity (Wildman–Crippen MR) is 55.2 cm³/mol. The number of hydrogen-bond acceptors (Lipinski definition) is 0. The average molecular weight is 166 g/mol. The van der Waals surface area contributed by atoms with Crippen molar-refractivity contribution in [1.82, 2.24) is 0 Å². The first-order chi connectivity index (χ1) is 5.86. The van der Waals surface area contributed by atoms with Crippen molar-refractivity contribution >= 4 is 0 Å². The van der Waals surface area contributed by atoms with Crippen LogP contribution in [0.15, 0.2) is 12.2 Å². The maximum absolute atomic E-state index is 2.33. The monoisotopic (exact) mass is 166 g/mol. The van der Waals surface area contributed by atoms with Crippen molar-refractivity contribution in [2.24, 2.45) is 11.8 Å². The van der Waals surface area contributed by atoms with Crippen molar-refractivity contribution in [3.8, 4) is 0 Å². The summed E-state index contributed by atoms with van der Waals surface area (Å²) < 4.78 is 0. The molecular weight excluding hydrogens is 144 g/mol. The van der Waals surface area contributed by atoms with Crippen molar-refractivity contribution in [2.75, 3.05) is 0 Å². The van der Waals surface area contributed by atoms with E-state index in [9.17, 15) is 0 Å². The van der Waals surface area contributed by atoms with Crippen molar-refractivity contribution < 1.29 is 0 Å². The normalized spacial score (nSPS) is 31.2. The van der Waals surface area contributed by atoms with Gasteiger partial charge in [0, 0.05) is 0 Å². The van der Waals surface area contributed by atoms with Gasteiger partial charge < -0.3 is 0 Å². The van der Waals surface area contributed by atoms with Gasteiger partial charge in [-0.25, -0.2) is 0 Å². The fourth-order valence-corrected chi connectivity index (χ4v) is 2.20. The molecule has 0 heterocycles. The second-order valence-electron chi connectivity index (χ2n) is 4.10. The van der Waals surface area contributed by atoms with Gasteiger partial charge in [0.15, 0.2) is 0 Å². The first kappa shape index (κ1) is 9.83. The van der Waals surface area contributed by atoms with Gasteiger partial charge in [0.05, 0.1) is 0 Å². The van der Waals surface area contributed by atoms with Gasteiger partial charge in [0.25, 0.3) is 0 Å². The van der Waals surface area contributed by atoms with Gasteiger partial charge in [0.2, 0.25) is 0 Å². The first-order valence-electron chi connectivity index (χ1n) is 5.48. The Morgan fingerprint density at radius 1 is 1.08 bits per heavy atom. The highest BCUT2D eigenvalue weighted by atomic mass is 14.2. The molecule has 0 saturated heterocycles. The lowest BCUT2D eigenvalue weighted by Crippen LogP contribution is -2.13. The smallest absolute Gasteiger partial charge is 0.0322 e. The molecule has 0 radical (unpaired) electrons. The minimum atomic E-state index is 1.00. The van der Waals surface area contributed by atoms with Crippen LogP contribution in [0.4, 0.5) is 0 Å². The Labute approximate surface area is 77.1 Å². The summed E-state index contributed by atoms with van der Waals surface area (Å²) in [5, 5.41) is 0. The SMILES string of the molecule is C/C=C/CC1CCC(CC)CC1. The third-order valence-corrected chi connectivity index (χ3v) is 3.25. The quantitative estimate of drug-likeness (QED) is 0.552. The van der Waals surface area contributed by atoms with Crippen LogP contribution in [0.25, 0.3) is 0 Å². The summed E-state index contributed by atoms with van der Waals surface area (Å²) in [4.78, 5) is 0. The van der Waals surface area contributed by atoms with E-state index in [4.69, 9.17) is 0 Å². The van der Waals surface area contributed by atoms with E-state index in [0.29, 0.717) is 0 Å². The Balaban J connectivity index is 2.17. The zero-order valence-electron chi connectivity index (χ0n) is 8.55. The van der Waals surface area contributed by atoms with Gasteiger partial charge in [0.1, 0.15) is 0 Å². The highest BCUT2D eigenvalue weighted by Gasteiger charge is 2.18. The molecule has 1 rings (SSSR count). The molecule has 12 heavy (non-hydrogen) atoms. The van der Waals surface area contributed by atoms with E-state index in [0.717, 1.165) is 11.8 Å². The fraction of sp³-hybridized carbons (Fsp3) is 0.833. The van der Waals surface area contributed by atoms with Crippen LogP contribution >= 0.6 is 0 Å². The van der Waals surface area contributed by atoms with E-state index in [1.165, 1.54) is 38.5 Å². The third kappa shape index (κ3) is 3.00. The lowest BCUT2D eigenvalue weighted by atomic mass is 9.79. The largest absolute Gasteiger partial charge is 0.0917 e. The fourth-order valence-electron chi connectivity index (χ4n) is 2.20. The molecule has 0 atom stereocenters. The molecule has 0 amide bonds. The lowest BCUT2D eigenvalue weighted by Gasteiger charge is -2.26. The van der Waals surface area contributed by atoms with E-state index < -0.39 is 0 Å². The Hall–Kier alpha value is -0.260. The molecule has 0 nitrogen and oxygen atoms in total. The van der Waals surface area contributed by atoms with E-state index in [2.05, 4.69) is 26.0 Å². The third-order valence-electron chi connectivity index (χ3n) is 3.25. The van der Waals surface area contributed by atoms with Crippen LogP contribution in [0, 0.1) is 11.8 Å². The summed E-state index contributed by atoms with van der Waals surface area (Å²) in [6.45, 7) is 4.45. The van der Waals surface area contributed by atoms with Gasteiger partial charge in [-0.3, -0.25) is 0 Å². The molecule has 0 bridgehead atoms. The summed E-state index contributed by atoms with van der Waals surface area (Å²) in [5.41, 5.74) is 0. The second kappa shape index (κ2) is 5.40. The molecule has 0 aliphatic heterocycles. The van der Waals surface area contributed by atoms with Gasteiger partial charge in [-0.1, -0.05) is 38.3 Å². The summed E-state index contributed by atoms with van der Waals surface area (Å²) in [5.74, 6) is 2.05. The summed E-state index contributed by atoms with van der Waals surface area (Å²) in [6, 6.07) is 0. The van der Waals surface area contributed by atoms with Crippen molar-refractivity contribution in [2.45, 2.75) is 52.4 Å². The number of rotatable bonds is 3. The highest BCUT2D eigenvalue weighted by molar-refractivity contribution is 4.82. The summed E-state index contributed by atoms with van der Waals surface area (Å²) >= 11 is 0. The molecular formula is C12H22. The maximum Gasteiger partial charge on any atom is -0.0322 e. The molecule has 1 aliphatic carbocycles. The van der Waals surface area contributed by atoms with Crippen LogP contribution in [0.1, 0.15) is 52.4 Å². The zero-order chi connectivity index (χ0) is 8.81. The Kier molecular flexibility index (Phi) is 4.42. The van der Waals surface area contributed by atoms with Gasteiger partial charge >= 0.3 is 0 Å². The molecule has 0 aromatic rings. The maximum atomic E-state index is 2.33. The molecule has 1 aliphatic rings. The Bertz CT molecular complexity index is 127. The molecule has 0 aromatic heterocycles. The molecule has 0 unspecified atom stereocenters. The molecule has 70 valence electrons. The van der Waals surface area contributed by atoms with E-state index in [-0.39, 0.29) is 0 Å². The van der Waals surface area contributed by atoms with Crippen LogP contribution < -0.4 is 0 Å². The van der Waals surface area contributed by atoms with Crippen LogP contribution in [0.3, 0.4) is 0 Å². The highest BCUT2D eigenvalue weighted by Crippen LogP contribution is 2.32. The van der Waals surface area contributed by atoms with E-state index >= 15 is 0 Å². The number of allylic oxidation sites excluding steroid dienone is 2. The molecule has 1 fully saturated rings. The van der Waals surface area contributed by atoms with Crippen molar-refractivity contribution in [3.05, 3.63) is 12.2 Å². The van der Waals surface area contributed by atoms with Crippen LogP contribution in [-0.2, 0) is 0 Å². The van der Waals surface area contributed by atoms with Crippen LogP contribution in [-0.4, -0.2) is 0 Å². The minimum absolute atomic E-state index is 1.00. The predicted octanol–water partition coefficient (Wildman–Crippen LogP) is 4.17. The van der Waals surface area contributed by atoms with Gasteiger partial charge in [-0.05, 0) is 38.0 Å². The van der Waals surface area contributed by atoms with Gasteiger partial charge in [-0.15, -0.1) is 0 Å². The Morgan fingerprint density at radius 2 is 1.67 bits per heavy atom. The standard InChI is InChI=1S/C12H22/c1-3-5-6-12-9-7-11(4-2)8-10-12/h3,5,11-12H,4,6-10H2,1-2H3/b5-3+. The molecule has 0 spiro atoms.